The Morgan fingerprint density at radius 3 is 2.22 bits per heavy atom. The number of hydrogen-bond acceptors (Lipinski definition) is 11. The summed E-state index contributed by atoms with van der Waals surface area (Å²) in [4.78, 5) is 110. The largest absolute Gasteiger partial charge is 0.394 e. The number of carbonyl (C=O) groups excluding carboxylic acids is 8. The van der Waals surface area contributed by atoms with Crippen LogP contribution in [0.1, 0.15) is 149 Å². The van der Waals surface area contributed by atoms with E-state index < -0.39 is 105 Å². The van der Waals surface area contributed by atoms with Gasteiger partial charge in [0, 0.05) is 44.6 Å². The lowest BCUT2D eigenvalue weighted by Gasteiger charge is -2.29. The lowest BCUT2D eigenvalue weighted by Crippen LogP contribution is -2.52. The molecule has 2 aliphatic rings. The van der Waals surface area contributed by atoms with Crippen LogP contribution in [0.5, 0.6) is 0 Å². The van der Waals surface area contributed by atoms with Crippen LogP contribution in [0.3, 0.4) is 0 Å². The molecule has 65 heavy (non-hydrogen) atoms. The van der Waals surface area contributed by atoms with Crippen molar-refractivity contribution in [2.45, 2.75) is 180 Å². The molecule has 8 atom stereocenters. The number of hydrogen-bond donors (Lipinski definition) is 5. The molecule has 16 nitrogen and oxygen atoms in total. The number of unbranched alkanes of at least 4 members (excludes halogenated alkanes) is 5. The molecule has 0 aliphatic carbocycles. The maximum absolute atomic E-state index is 14.4. The van der Waals surface area contributed by atoms with Gasteiger partial charge in [-0.15, -0.1) is 0 Å². The number of carbonyl (C=O) groups is 8. The zero-order chi connectivity index (χ0) is 47.9. The predicted molar refractivity (Wildman–Crippen MR) is 245 cm³/mol. The van der Waals surface area contributed by atoms with Gasteiger partial charge in [0.2, 0.25) is 29.5 Å². The number of rotatable bonds is 21. The van der Waals surface area contributed by atoms with Gasteiger partial charge in [0.1, 0.15) is 23.9 Å². The summed E-state index contributed by atoms with van der Waals surface area (Å²) in [7, 11) is -0.763. The van der Waals surface area contributed by atoms with Crippen molar-refractivity contribution in [3.8, 4) is 0 Å². The number of nitrogens with two attached hydrogens (primary N) is 1. The van der Waals surface area contributed by atoms with Gasteiger partial charge in [-0.05, 0) is 76.2 Å². The second kappa shape index (κ2) is 29.3. The van der Waals surface area contributed by atoms with E-state index in [1.807, 2.05) is 32.0 Å². The summed E-state index contributed by atoms with van der Waals surface area (Å²) < 4.78 is 16.5. The quantitative estimate of drug-likeness (QED) is 0.0787. The monoisotopic (exact) mass is 928 g/mol. The van der Waals surface area contributed by atoms with Gasteiger partial charge in [-0.1, -0.05) is 89.1 Å². The van der Waals surface area contributed by atoms with E-state index in [4.69, 9.17) is 10.3 Å². The van der Waals surface area contributed by atoms with Crippen LogP contribution in [-0.4, -0.2) is 100 Å². The van der Waals surface area contributed by atoms with Crippen molar-refractivity contribution < 1.29 is 52.6 Å². The van der Waals surface area contributed by atoms with Gasteiger partial charge >= 0.3 is 8.69 Å². The Morgan fingerprint density at radius 1 is 0.877 bits per heavy atom. The van der Waals surface area contributed by atoms with Gasteiger partial charge in [0.25, 0.3) is 0 Å². The number of aliphatic hydroxyl groups is 1. The average Bonchev–Trinajstić information content (AvgIpc) is 3.77. The first-order valence-electron chi connectivity index (χ1n) is 23.7. The number of ketones is 3. The van der Waals surface area contributed by atoms with Crippen molar-refractivity contribution in [2.24, 2.45) is 29.4 Å². The average molecular weight is 928 g/mol. The first-order chi connectivity index (χ1) is 31.1. The van der Waals surface area contributed by atoms with Crippen LogP contribution in [0.4, 0.5) is 0 Å². The van der Waals surface area contributed by atoms with E-state index in [0.717, 1.165) is 38.5 Å². The molecule has 1 aromatic rings. The number of Topliss-reactive ketones (excluding diaryl/α,β-unsaturated/α-hetero) is 3. The fourth-order valence-electron chi connectivity index (χ4n) is 9.00. The standard InChI is InChI=1S/C48H74N5O11P/c1-31(2)26-39(51-48(62)41-23-17-25-53(41)33(4)55)43(57)28-36-27-35(21-14-8-6-5-7-11-18-34-19-12-9-13-20-34)42(56)24-16-10-15-22-38(45(49)59)50-47(61)37(32(3)64-65-63)29-44(58)40(30-54)52-46(36)60/h9,12-13,19-20,31-32,35-41,54H,5-8,10-11,14-18,21-30H2,1-4H3,(H2,49,59)(H,50,61)(H,51,62)(H,52,60)/t32-,35+,36-,37+,38-,39+,40+,41+/m1/s1. The highest BCUT2D eigenvalue weighted by atomic mass is 31.1. The molecule has 0 unspecified atom stereocenters. The summed E-state index contributed by atoms with van der Waals surface area (Å²) in [6.07, 6.45) is 8.19. The molecule has 6 N–H and O–H groups in total. The van der Waals surface area contributed by atoms with Gasteiger partial charge in [-0.25, -0.2) is 4.57 Å². The van der Waals surface area contributed by atoms with E-state index in [0.29, 0.717) is 51.5 Å². The number of likely N-dealkylation sites (tertiary alicyclic amines) is 1. The molecular weight excluding hydrogens is 854 g/mol. The molecule has 0 bridgehead atoms. The Morgan fingerprint density at radius 2 is 1.57 bits per heavy atom. The fourth-order valence-corrected chi connectivity index (χ4v) is 9.29. The van der Waals surface area contributed by atoms with E-state index in [1.165, 1.54) is 24.3 Å². The highest BCUT2D eigenvalue weighted by molar-refractivity contribution is 7.17. The van der Waals surface area contributed by atoms with E-state index in [1.54, 1.807) is 0 Å². The SMILES string of the molecule is CC(=O)N1CCC[C@H]1C(=O)N[C@@H](CC(C)C)C(=O)C[C@H]1C[C@H](CCCCCCCCc2ccccc2)C(=O)CCCCC[C@H](C(N)=O)NC(=O)[C@H]([C@@H](C)OP=O)CC(=O)[C@H](CO)NC1=O. The number of benzene rings is 1. The number of nitrogens with zero attached hydrogens (tertiary/aromatic N) is 1. The van der Waals surface area contributed by atoms with Gasteiger partial charge < -0.3 is 31.7 Å². The number of primary amides is 1. The highest BCUT2D eigenvalue weighted by Gasteiger charge is 2.38. The lowest BCUT2D eigenvalue weighted by atomic mass is 9.81. The van der Waals surface area contributed by atoms with Gasteiger partial charge in [0.05, 0.1) is 24.7 Å². The topological polar surface area (TPSA) is 248 Å². The Balaban J connectivity index is 1.92. The third-order valence-corrected chi connectivity index (χ3v) is 13.2. The third-order valence-electron chi connectivity index (χ3n) is 12.8. The van der Waals surface area contributed by atoms with Crippen molar-refractivity contribution in [1.29, 1.82) is 0 Å². The van der Waals surface area contributed by atoms with Gasteiger partial charge in [-0.2, -0.15) is 0 Å². The van der Waals surface area contributed by atoms with Crippen LogP contribution in [0.2, 0.25) is 0 Å². The zero-order valence-corrected chi connectivity index (χ0v) is 39.8. The molecule has 2 aliphatic heterocycles. The number of aryl methyl sites for hydroxylation is 1. The Labute approximate surface area is 386 Å². The van der Waals surface area contributed by atoms with Crippen LogP contribution in [0.25, 0.3) is 0 Å². The molecular formula is C48H74N5O11P. The third kappa shape index (κ3) is 19.2. The smallest absolute Gasteiger partial charge is 0.327 e. The Hall–Kier alpha value is -4.40. The highest BCUT2D eigenvalue weighted by Crippen LogP contribution is 2.28. The number of aliphatic hydroxyl groups excluding tert-OH is 1. The first kappa shape index (κ1) is 54.9. The zero-order valence-electron chi connectivity index (χ0n) is 38.9. The van der Waals surface area contributed by atoms with E-state index in [2.05, 4.69) is 28.1 Å². The Kier molecular flexibility index (Phi) is 24.7. The molecule has 3 rings (SSSR count). The molecule has 362 valence electrons. The molecule has 2 fully saturated rings. The van der Waals surface area contributed by atoms with E-state index in [9.17, 15) is 48.0 Å². The molecule has 2 saturated heterocycles. The Bertz CT molecular complexity index is 1750. The second-order valence-electron chi connectivity index (χ2n) is 18.4. The maximum Gasteiger partial charge on any atom is 0.327 e. The summed E-state index contributed by atoms with van der Waals surface area (Å²) in [5, 5.41) is 18.5. The number of amides is 5. The minimum atomic E-state index is -1.54. The lowest BCUT2D eigenvalue weighted by molar-refractivity contribution is -0.139. The molecule has 1 aromatic carbocycles. The van der Waals surface area contributed by atoms with E-state index >= 15 is 0 Å². The van der Waals surface area contributed by atoms with Crippen molar-refractivity contribution in [3.05, 3.63) is 35.9 Å². The van der Waals surface area contributed by atoms with Crippen LogP contribution in [-0.2, 0) is 53.9 Å². The van der Waals surface area contributed by atoms with Crippen molar-refractivity contribution in [3.63, 3.8) is 0 Å². The molecule has 0 spiro atoms. The van der Waals surface area contributed by atoms with Crippen LogP contribution in [0.15, 0.2) is 30.3 Å². The minimum absolute atomic E-state index is 0.0227. The summed E-state index contributed by atoms with van der Waals surface area (Å²) >= 11 is 0. The fraction of sp³-hybridized carbons (Fsp3) is 0.708. The molecule has 0 saturated carbocycles. The predicted octanol–water partition coefficient (Wildman–Crippen LogP) is 5.25. The van der Waals surface area contributed by atoms with Crippen LogP contribution < -0.4 is 21.7 Å². The van der Waals surface area contributed by atoms with Crippen LogP contribution in [0, 0.1) is 23.7 Å². The van der Waals surface area contributed by atoms with Crippen molar-refractivity contribution in [2.75, 3.05) is 13.2 Å². The molecule has 0 aromatic heterocycles. The summed E-state index contributed by atoms with van der Waals surface area (Å²) in [6, 6.07) is 5.95. The summed E-state index contributed by atoms with van der Waals surface area (Å²) in [5.41, 5.74) is 6.94. The van der Waals surface area contributed by atoms with E-state index in [-0.39, 0.29) is 49.7 Å². The molecule has 5 amide bonds. The van der Waals surface area contributed by atoms with Crippen molar-refractivity contribution >= 4 is 55.6 Å². The minimum Gasteiger partial charge on any atom is -0.394 e. The van der Waals surface area contributed by atoms with Crippen molar-refractivity contribution in [1.82, 2.24) is 20.9 Å². The second-order valence-corrected chi connectivity index (χ2v) is 18.8. The van der Waals surface area contributed by atoms with Gasteiger partial charge in [-0.3, -0.25) is 42.9 Å². The maximum atomic E-state index is 14.4. The normalized spacial score (nSPS) is 24.1. The van der Waals surface area contributed by atoms with Gasteiger partial charge in [0.15, 0.2) is 11.6 Å². The molecule has 2 heterocycles. The molecule has 17 heteroatoms. The molecule has 0 radical (unpaired) electrons. The number of nitrogens with one attached hydrogen (secondary N) is 3. The van der Waals surface area contributed by atoms with Crippen LogP contribution >= 0.6 is 8.69 Å². The summed E-state index contributed by atoms with van der Waals surface area (Å²) in [6.45, 7) is 6.16. The summed E-state index contributed by atoms with van der Waals surface area (Å²) in [5.74, 6) is -7.43. The first-order valence-corrected chi connectivity index (χ1v) is 24.5.